The van der Waals surface area contributed by atoms with Gasteiger partial charge in [-0.05, 0) is 25.0 Å². The van der Waals surface area contributed by atoms with Gasteiger partial charge in [0.15, 0.2) is 0 Å². The van der Waals surface area contributed by atoms with Crippen molar-refractivity contribution in [3.8, 4) is 0 Å². The van der Waals surface area contributed by atoms with Crippen LogP contribution in [0.4, 0.5) is 0 Å². The largest absolute Gasteiger partial charge is 0.386 e. The molecule has 0 heterocycles. The van der Waals surface area contributed by atoms with Crippen molar-refractivity contribution >= 4 is 5.91 Å². The van der Waals surface area contributed by atoms with Crippen LogP contribution in [0.2, 0.25) is 0 Å². The number of hydrogen-bond acceptors (Lipinski definition) is 2. The smallest absolute Gasteiger partial charge is 0.221 e. The summed E-state index contributed by atoms with van der Waals surface area (Å²) in [5.74, 6) is -0.363. The average molecular weight is 193 g/mol. The molecule has 0 aliphatic rings. The molecule has 0 aromatic heterocycles. The second-order valence-electron chi connectivity index (χ2n) is 3.90. The second kappa shape index (κ2) is 3.80. The Morgan fingerprint density at radius 2 is 2.14 bits per heavy atom. The van der Waals surface area contributed by atoms with Crippen molar-refractivity contribution in [1.82, 2.24) is 0 Å². The molecule has 0 bridgehead atoms. The third-order valence-corrected chi connectivity index (χ3v) is 2.01. The van der Waals surface area contributed by atoms with Crippen LogP contribution in [-0.2, 0) is 16.8 Å². The number of rotatable bonds is 3. The molecule has 1 aromatic rings. The highest BCUT2D eigenvalue weighted by molar-refractivity contribution is 5.76. The van der Waals surface area contributed by atoms with E-state index in [-0.39, 0.29) is 12.3 Å². The first-order valence-corrected chi connectivity index (χ1v) is 4.49. The summed E-state index contributed by atoms with van der Waals surface area (Å²) in [6, 6.07) is 7.25. The summed E-state index contributed by atoms with van der Waals surface area (Å²) in [6.07, 6.45) is 0.212. The van der Waals surface area contributed by atoms with Gasteiger partial charge in [-0.15, -0.1) is 0 Å². The van der Waals surface area contributed by atoms with Crippen LogP contribution in [0.3, 0.4) is 0 Å². The minimum atomic E-state index is -0.881. The van der Waals surface area contributed by atoms with Gasteiger partial charge in [0, 0.05) is 0 Å². The van der Waals surface area contributed by atoms with E-state index in [1.54, 1.807) is 19.9 Å². The lowest BCUT2D eigenvalue weighted by Gasteiger charge is -2.18. The van der Waals surface area contributed by atoms with E-state index in [2.05, 4.69) is 0 Å². The summed E-state index contributed by atoms with van der Waals surface area (Å²) >= 11 is 0. The van der Waals surface area contributed by atoms with Crippen LogP contribution in [0.1, 0.15) is 25.0 Å². The van der Waals surface area contributed by atoms with Crippen molar-refractivity contribution in [3.63, 3.8) is 0 Å². The number of nitrogens with two attached hydrogens (primary N) is 1. The predicted molar refractivity (Wildman–Crippen MR) is 54.6 cm³/mol. The summed E-state index contributed by atoms with van der Waals surface area (Å²) < 4.78 is 0. The quantitative estimate of drug-likeness (QED) is 0.750. The maximum atomic E-state index is 10.7. The molecule has 76 valence electrons. The molecule has 14 heavy (non-hydrogen) atoms. The van der Waals surface area contributed by atoms with Crippen molar-refractivity contribution in [2.24, 2.45) is 5.73 Å². The van der Waals surface area contributed by atoms with Crippen molar-refractivity contribution in [2.45, 2.75) is 25.9 Å². The van der Waals surface area contributed by atoms with Gasteiger partial charge in [-0.2, -0.15) is 0 Å². The number of carbonyl (C=O) groups is 1. The molecule has 3 N–H and O–H groups in total. The Balaban J connectivity index is 2.95. The number of aliphatic hydroxyl groups is 1. The van der Waals surface area contributed by atoms with Crippen LogP contribution in [0.25, 0.3) is 0 Å². The lowest BCUT2D eigenvalue weighted by atomic mass is 9.96. The molecule has 0 unspecified atom stereocenters. The SMILES string of the molecule is CC(C)(O)c1cccc(CC(N)=O)c1. The minimum absolute atomic E-state index is 0.212. The molecular weight excluding hydrogens is 178 g/mol. The minimum Gasteiger partial charge on any atom is -0.386 e. The van der Waals surface area contributed by atoms with E-state index in [1.165, 1.54) is 0 Å². The van der Waals surface area contributed by atoms with E-state index in [9.17, 15) is 9.90 Å². The summed E-state index contributed by atoms with van der Waals surface area (Å²) in [5, 5.41) is 9.73. The maximum absolute atomic E-state index is 10.7. The fraction of sp³-hybridized carbons (Fsp3) is 0.364. The van der Waals surface area contributed by atoms with Gasteiger partial charge >= 0.3 is 0 Å². The average Bonchev–Trinajstić information content (AvgIpc) is 2.01. The Labute approximate surface area is 83.6 Å². The number of carbonyl (C=O) groups excluding carboxylic acids is 1. The molecule has 3 heteroatoms. The Kier molecular flexibility index (Phi) is 2.91. The number of amides is 1. The van der Waals surface area contributed by atoms with Crippen LogP contribution >= 0.6 is 0 Å². The molecule has 0 aliphatic carbocycles. The molecule has 0 saturated heterocycles. The topological polar surface area (TPSA) is 63.3 Å². The fourth-order valence-electron chi connectivity index (χ4n) is 1.26. The summed E-state index contributed by atoms with van der Waals surface area (Å²) in [7, 11) is 0. The Morgan fingerprint density at radius 3 is 2.64 bits per heavy atom. The van der Waals surface area contributed by atoms with E-state index in [4.69, 9.17) is 5.73 Å². The van der Waals surface area contributed by atoms with Crippen LogP contribution in [0.15, 0.2) is 24.3 Å². The van der Waals surface area contributed by atoms with Gasteiger partial charge in [-0.3, -0.25) is 4.79 Å². The van der Waals surface area contributed by atoms with E-state index >= 15 is 0 Å². The molecule has 1 aromatic carbocycles. The Hall–Kier alpha value is -1.35. The highest BCUT2D eigenvalue weighted by Crippen LogP contribution is 2.20. The highest BCUT2D eigenvalue weighted by atomic mass is 16.3. The first kappa shape index (κ1) is 10.7. The van der Waals surface area contributed by atoms with Crippen molar-refractivity contribution < 1.29 is 9.90 Å². The summed E-state index contributed by atoms with van der Waals surface area (Å²) in [6.45, 7) is 3.41. The second-order valence-corrected chi connectivity index (χ2v) is 3.90. The molecule has 1 amide bonds. The van der Waals surface area contributed by atoms with E-state index in [0.717, 1.165) is 11.1 Å². The molecule has 1 rings (SSSR count). The highest BCUT2D eigenvalue weighted by Gasteiger charge is 2.15. The van der Waals surface area contributed by atoms with Gasteiger partial charge in [-0.25, -0.2) is 0 Å². The zero-order valence-corrected chi connectivity index (χ0v) is 8.45. The molecule has 0 atom stereocenters. The number of primary amides is 1. The Morgan fingerprint density at radius 1 is 1.50 bits per heavy atom. The summed E-state index contributed by atoms with van der Waals surface area (Å²) in [5.41, 5.74) is 5.82. The number of benzene rings is 1. The molecular formula is C11H15NO2. The van der Waals surface area contributed by atoms with Gasteiger partial charge in [0.1, 0.15) is 0 Å². The standard InChI is InChI=1S/C11H15NO2/c1-11(2,14)9-5-3-4-8(6-9)7-10(12)13/h3-6,14H,7H2,1-2H3,(H2,12,13). The van der Waals surface area contributed by atoms with Crippen molar-refractivity contribution in [1.29, 1.82) is 0 Å². The van der Waals surface area contributed by atoms with Gasteiger partial charge in [0.2, 0.25) is 5.91 Å². The Bertz CT molecular complexity index is 339. The van der Waals surface area contributed by atoms with E-state index < -0.39 is 5.60 Å². The maximum Gasteiger partial charge on any atom is 0.221 e. The lowest BCUT2D eigenvalue weighted by molar-refractivity contribution is -0.117. The fourth-order valence-corrected chi connectivity index (χ4v) is 1.26. The molecule has 0 spiro atoms. The molecule has 0 aliphatic heterocycles. The van der Waals surface area contributed by atoms with Crippen LogP contribution in [-0.4, -0.2) is 11.0 Å². The van der Waals surface area contributed by atoms with Gasteiger partial charge in [0.05, 0.1) is 12.0 Å². The van der Waals surface area contributed by atoms with E-state index in [0.29, 0.717) is 0 Å². The molecule has 3 nitrogen and oxygen atoms in total. The van der Waals surface area contributed by atoms with Gasteiger partial charge < -0.3 is 10.8 Å². The monoisotopic (exact) mass is 193 g/mol. The zero-order chi connectivity index (χ0) is 10.8. The van der Waals surface area contributed by atoms with Gasteiger partial charge in [0.25, 0.3) is 0 Å². The molecule has 0 radical (unpaired) electrons. The third kappa shape index (κ3) is 2.85. The normalized spacial score (nSPS) is 11.4. The first-order valence-electron chi connectivity index (χ1n) is 4.49. The van der Waals surface area contributed by atoms with Crippen molar-refractivity contribution in [2.75, 3.05) is 0 Å². The number of hydrogen-bond donors (Lipinski definition) is 2. The predicted octanol–water partition coefficient (Wildman–Crippen LogP) is 0.942. The van der Waals surface area contributed by atoms with E-state index in [1.807, 2.05) is 18.2 Å². The van der Waals surface area contributed by atoms with Crippen LogP contribution in [0, 0.1) is 0 Å². The van der Waals surface area contributed by atoms with Crippen LogP contribution < -0.4 is 5.73 Å². The lowest BCUT2D eigenvalue weighted by Crippen LogP contribution is -2.17. The van der Waals surface area contributed by atoms with Gasteiger partial charge in [-0.1, -0.05) is 24.3 Å². The zero-order valence-electron chi connectivity index (χ0n) is 8.45. The third-order valence-electron chi connectivity index (χ3n) is 2.01. The van der Waals surface area contributed by atoms with Crippen LogP contribution in [0.5, 0.6) is 0 Å². The first-order chi connectivity index (χ1) is 6.39. The van der Waals surface area contributed by atoms with Crippen molar-refractivity contribution in [3.05, 3.63) is 35.4 Å². The summed E-state index contributed by atoms with van der Waals surface area (Å²) in [4.78, 5) is 10.7. The molecule has 0 fully saturated rings. The molecule has 0 saturated carbocycles.